The first-order valence-electron chi connectivity index (χ1n) is 3.82. The predicted octanol–water partition coefficient (Wildman–Crippen LogP) is 2.02. The first-order chi connectivity index (χ1) is 5.56. The lowest BCUT2D eigenvalue weighted by Crippen LogP contribution is -2.02. The highest BCUT2D eigenvalue weighted by Gasteiger charge is 2.13. The first-order valence-corrected chi connectivity index (χ1v) is 5.37. The number of hydrogen-bond acceptors (Lipinski definition) is 2. The molecule has 2 nitrogen and oxygen atoms in total. The van der Waals surface area contributed by atoms with Gasteiger partial charge in [0.2, 0.25) is 0 Å². The van der Waals surface area contributed by atoms with Gasteiger partial charge in [-0.3, -0.25) is 0 Å². The number of allylic oxidation sites excluding steroid dienone is 3. The van der Waals surface area contributed by atoms with Gasteiger partial charge in [-0.15, -0.1) is 0 Å². The van der Waals surface area contributed by atoms with Gasteiger partial charge in [-0.05, 0) is 18.4 Å². The van der Waals surface area contributed by atoms with Crippen LogP contribution < -0.4 is 0 Å². The van der Waals surface area contributed by atoms with E-state index < -0.39 is 9.84 Å². The maximum atomic E-state index is 11.2. The molecule has 3 heteroatoms. The Kier molecular flexibility index (Phi) is 2.52. The fourth-order valence-corrected chi connectivity index (χ4v) is 1.80. The van der Waals surface area contributed by atoms with Crippen molar-refractivity contribution in [2.24, 2.45) is 5.92 Å². The van der Waals surface area contributed by atoms with Gasteiger partial charge in [-0.25, -0.2) is 8.42 Å². The van der Waals surface area contributed by atoms with Crippen molar-refractivity contribution < 1.29 is 8.42 Å². The van der Waals surface area contributed by atoms with Crippen molar-refractivity contribution in [3.8, 4) is 0 Å². The molecule has 1 aliphatic rings. The van der Waals surface area contributed by atoms with Gasteiger partial charge in [0.25, 0.3) is 0 Å². The van der Waals surface area contributed by atoms with Crippen molar-refractivity contribution in [2.45, 2.75) is 13.3 Å². The largest absolute Gasteiger partial charge is 0.219 e. The monoisotopic (exact) mass is 184 g/mol. The van der Waals surface area contributed by atoms with Gasteiger partial charge in [-0.2, -0.15) is 0 Å². The zero-order valence-corrected chi connectivity index (χ0v) is 7.84. The summed E-state index contributed by atoms with van der Waals surface area (Å²) in [4.78, 5) is 0.371. The molecule has 1 aliphatic carbocycles. The molecule has 0 aliphatic heterocycles. The lowest BCUT2D eigenvalue weighted by molar-refractivity contribution is 0.610. The Morgan fingerprint density at radius 2 is 2.33 bits per heavy atom. The summed E-state index contributed by atoms with van der Waals surface area (Å²) in [5.41, 5.74) is 0. The lowest BCUT2D eigenvalue weighted by atomic mass is 10.0. The Labute approximate surface area is 73.2 Å². The molecule has 1 atom stereocenters. The Balaban J connectivity index is 2.95. The zero-order chi connectivity index (χ0) is 9.19. The Hall–Kier alpha value is -0.830. The topological polar surface area (TPSA) is 34.1 Å². The van der Waals surface area contributed by atoms with Gasteiger partial charge in [0, 0.05) is 5.41 Å². The molecule has 0 saturated heterocycles. The second-order valence-corrected chi connectivity index (χ2v) is 4.79. The third-order valence-electron chi connectivity index (χ3n) is 1.83. The molecule has 0 aromatic carbocycles. The second kappa shape index (κ2) is 3.27. The molecule has 66 valence electrons. The summed E-state index contributed by atoms with van der Waals surface area (Å²) in [6.45, 7) is 5.31. The first kappa shape index (κ1) is 9.26. The van der Waals surface area contributed by atoms with Crippen LogP contribution in [-0.2, 0) is 9.84 Å². The smallest absolute Gasteiger partial charge is 0.198 e. The van der Waals surface area contributed by atoms with E-state index in [1.165, 1.54) is 0 Å². The van der Waals surface area contributed by atoms with Crippen LogP contribution in [0, 0.1) is 5.92 Å². The molecule has 0 aromatic rings. The van der Waals surface area contributed by atoms with Crippen LogP contribution in [0.2, 0.25) is 0 Å². The summed E-state index contributed by atoms with van der Waals surface area (Å²) in [5.74, 6) is 0.439. The van der Waals surface area contributed by atoms with Crippen LogP contribution in [0.25, 0.3) is 0 Å². The average Bonchev–Trinajstić information content (AvgIpc) is 2.05. The summed E-state index contributed by atoms with van der Waals surface area (Å²) in [5, 5.41) is 0.985. The minimum absolute atomic E-state index is 0.371. The molecular formula is C9H12O2S. The fraction of sp³-hybridized carbons (Fsp3) is 0.333. The minimum atomic E-state index is -3.21. The van der Waals surface area contributed by atoms with Crippen molar-refractivity contribution in [2.75, 3.05) is 0 Å². The van der Waals surface area contributed by atoms with Crippen LogP contribution in [0.1, 0.15) is 13.3 Å². The zero-order valence-electron chi connectivity index (χ0n) is 7.03. The molecule has 0 amide bonds. The van der Waals surface area contributed by atoms with Gasteiger partial charge >= 0.3 is 0 Å². The Morgan fingerprint density at radius 1 is 1.67 bits per heavy atom. The minimum Gasteiger partial charge on any atom is -0.219 e. The molecule has 0 heterocycles. The molecular weight excluding hydrogens is 172 g/mol. The molecule has 0 spiro atoms. The molecule has 1 rings (SSSR count). The highest BCUT2D eigenvalue weighted by atomic mass is 32.2. The SMILES string of the molecule is C=CS(=O)(=O)C1=CCC(C)C=C1. The van der Waals surface area contributed by atoms with Crippen molar-refractivity contribution >= 4 is 9.84 Å². The van der Waals surface area contributed by atoms with E-state index in [0.29, 0.717) is 10.8 Å². The summed E-state index contributed by atoms with van der Waals surface area (Å²) >= 11 is 0. The van der Waals surface area contributed by atoms with Crippen molar-refractivity contribution in [1.82, 2.24) is 0 Å². The van der Waals surface area contributed by atoms with Gasteiger partial charge in [0.15, 0.2) is 9.84 Å². The molecule has 0 aromatic heterocycles. The summed E-state index contributed by atoms with van der Waals surface area (Å²) in [6.07, 6.45) is 6.07. The quantitative estimate of drug-likeness (QED) is 0.658. The maximum Gasteiger partial charge on any atom is 0.198 e. The van der Waals surface area contributed by atoms with E-state index in [-0.39, 0.29) is 0 Å². The van der Waals surface area contributed by atoms with Crippen molar-refractivity contribution in [1.29, 1.82) is 0 Å². The van der Waals surface area contributed by atoms with Crippen molar-refractivity contribution in [3.05, 3.63) is 35.1 Å². The predicted molar refractivity (Wildman–Crippen MR) is 50.1 cm³/mol. The van der Waals surface area contributed by atoms with E-state index >= 15 is 0 Å². The van der Waals surface area contributed by atoms with Gasteiger partial charge < -0.3 is 0 Å². The van der Waals surface area contributed by atoms with Crippen LogP contribution in [0.3, 0.4) is 0 Å². The maximum absolute atomic E-state index is 11.2. The second-order valence-electron chi connectivity index (χ2n) is 2.89. The number of rotatable bonds is 2. The molecule has 0 saturated carbocycles. The molecule has 12 heavy (non-hydrogen) atoms. The summed E-state index contributed by atoms with van der Waals surface area (Å²) in [7, 11) is -3.21. The molecule has 0 N–H and O–H groups in total. The van der Waals surface area contributed by atoms with E-state index in [9.17, 15) is 8.42 Å². The highest BCUT2D eigenvalue weighted by Crippen LogP contribution is 2.20. The van der Waals surface area contributed by atoms with E-state index in [0.717, 1.165) is 11.8 Å². The lowest BCUT2D eigenvalue weighted by Gasteiger charge is -2.09. The third kappa shape index (κ3) is 1.85. The van der Waals surface area contributed by atoms with Crippen LogP contribution in [0.5, 0.6) is 0 Å². The average molecular weight is 184 g/mol. The highest BCUT2D eigenvalue weighted by molar-refractivity contribution is 7.98. The van der Waals surface area contributed by atoms with Crippen LogP contribution in [-0.4, -0.2) is 8.42 Å². The third-order valence-corrected chi connectivity index (χ3v) is 3.23. The summed E-state index contributed by atoms with van der Waals surface area (Å²) < 4.78 is 22.4. The molecule has 0 bridgehead atoms. The Morgan fingerprint density at radius 3 is 2.75 bits per heavy atom. The van der Waals surface area contributed by atoms with Gasteiger partial charge in [-0.1, -0.05) is 25.7 Å². The van der Waals surface area contributed by atoms with Crippen molar-refractivity contribution in [3.63, 3.8) is 0 Å². The van der Waals surface area contributed by atoms with E-state index in [2.05, 4.69) is 6.58 Å². The molecule has 0 radical (unpaired) electrons. The Bertz CT molecular complexity index is 334. The number of hydrogen-bond donors (Lipinski definition) is 0. The number of sulfone groups is 1. The standard InChI is InChI=1S/C9H12O2S/c1-3-12(10,11)9-6-4-8(2)5-7-9/h3-4,6-8H,1,5H2,2H3. The van der Waals surface area contributed by atoms with Gasteiger partial charge in [0.1, 0.15) is 0 Å². The van der Waals surface area contributed by atoms with Crippen LogP contribution >= 0.6 is 0 Å². The van der Waals surface area contributed by atoms with Crippen LogP contribution in [0.4, 0.5) is 0 Å². The normalized spacial score (nSPS) is 23.4. The van der Waals surface area contributed by atoms with E-state index in [4.69, 9.17) is 0 Å². The molecule has 1 unspecified atom stereocenters. The molecule has 0 fully saturated rings. The fourth-order valence-electron chi connectivity index (χ4n) is 1.01. The van der Waals surface area contributed by atoms with E-state index in [1.807, 2.05) is 13.0 Å². The summed E-state index contributed by atoms with van der Waals surface area (Å²) in [6, 6.07) is 0. The van der Waals surface area contributed by atoms with Gasteiger partial charge in [0.05, 0.1) is 4.91 Å². The van der Waals surface area contributed by atoms with E-state index in [1.54, 1.807) is 12.2 Å². The van der Waals surface area contributed by atoms with Crippen LogP contribution in [0.15, 0.2) is 35.1 Å².